The maximum atomic E-state index is 13.5. The van der Waals surface area contributed by atoms with E-state index in [9.17, 15) is 14.4 Å². The normalized spacial score (nSPS) is 16.6. The first-order chi connectivity index (χ1) is 17.0. The lowest BCUT2D eigenvalue weighted by molar-refractivity contribution is -0.136. The Balaban J connectivity index is 1.39. The van der Waals surface area contributed by atoms with Crippen LogP contribution in [0.4, 0.5) is 0 Å². The number of amides is 2. The summed E-state index contributed by atoms with van der Waals surface area (Å²) in [6.07, 6.45) is 5.75. The number of nitrogens with zero attached hydrogens (tertiary/aromatic N) is 5. The van der Waals surface area contributed by atoms with E-state index in [1.165, 1.54) is 4.57 Å². The molecule has 5 rings (SSSR count). The zero-order valence-electron chi connectivity index (χ0n) is 19.9. The van der Waals surface area contributed by atoms with E-state index in [2.05, 4.69) is 9.97 Å². The zero-order valence-corrected chi connectivity index (χ0v) is 19.9. The molecule has 2 amide bonds. The van der Waals surface area contributed by atoms with E-state index in [1.807, 2.05) is 29.2 Å². The van der Waals surface area contributed by atoms with E-state index in [0.717, 1.165) is 37.0 Å². The van der Waals surface area contributed by atoms with Crippen LogP contribution < -0.4 is 10.3 Å². The molecule has 1 saturated carbocycles. The lowest BCUT2D eigenvalue weighted by Crippen LogP contribution is -2.52. The summed E-state index contributed by atoms with van der Waals surface area (Å²) in [7, 11) is 1.60. The summed E-state index contributed by atoms with van der Waals surface area (Å²) >= 11 is 0. The smallest absolute Gasteiger partial charge is 0.284 e. The molecular formula is C26H29N5O4. The maximum Gasteiger partial charge on any atom is 0.284 e. The van der Waals surface area contributed by atoms with Crippen LogP contribution in [0.2, 0.25) is 0 Å². The SMILES string of the molecule is COc1ccc(Cn2c(=O)c(C(=O)N3CCN(C(=O)C4CCCC4)CC3)nc3cccnc32)cc1. The van der Waals surface area contributed by atoms with Gasteiger partial charge in [0.25, 0.3) is 11.5 Å². The molecule has 0 unspecified atom stereocenters. The molecule has 0 N–H and O–H groups in total. The molecule has 2 aliphatic rings. The van der Waals surface area contributed by atoms with Gasteiger partial charge in [-0.15, -0.1) is 0 Å². The highest BCUT2D eigenvalue weighted by atomic mass is 16.5. The van der Waals surface area contributed by atoms with Gasteiger partial charge in [-0.3, -0.25) is 19.0 Å². The van der Waals surface area contributed by atoms with Crippen molar-refractivity contribution in [2.45, 2.75) is 32.2 Å². The number of ether oxygens (including phenoxy) is 1. The lowest BCUT2D eigenvalue weighted by Gasteiger charge is -2.35. The van der Waals surface area contributed by atoms with Crippen molar-refractivity contribution in [2.75, 3.05) is 33.3 Å². The van der Waals surface area contributed by atoms with Gasteiger partial charge in [0.15, 0.2) is 11.3 Å². The molecule has 9 nitrogen and oxygen atoms in total. The van der Waals surface area contributed by atoms with Gasteiger partial charge in [-0.25, -0.2) is 9.97 Å². The summed E-state index contributed by atoms with van der Waals surface area (Å²) in [5.41, 5.74) is 1.20. The summed E-state index contributed by atoms with van der Waals surface area (Å²) in [6.45, 7) is 2.00. The van der Waals surface area contributed by atoms with Gasteiger partial charge in [0.2, 0.25) is 5.91 Å². The summed E-state index contributed by atoms with van der Waals surface area (Å²) < 4.78 is 6.71. The number of aromatic nitrogens is 3. The molecule has 1 aliphatic heterocycles. The number of carbonyl (C=O) groups is 2. The quantitative estimate of drug-likeness (QED) is 0.562. The second-order valence-electron chi connectivity index (χ2n) is 9.14. The predicted octanol–water partition coefficient (Wildman–Crippen LogP) is 2.32. The van der Waals surface area contributed by atoms with Crippen LogP contribution in [-0.4, -0.2) is 69.4 Å². The van der Waals surface area contributed by atoms with Gasteiger partial charge in [-0.1, -0.05) is 25.0 Å². The molecule has 1 saturated heterocycles. The molecule has 2 aromatic heterocycles. The molecule has 9 heteroatoms. The van der Waals surface area contributed by atoms with Crippen LogP contribution in [0.1, 0.15) is 41.7 Å². The van der Waals surface area contributed by atoms with Gasteiger partial charge in [-0.05, 0) is 42.7 Å². The number of piperazine rings is 1. The molecule has 0 bridgehead atoms. The fourth-order valence-corrected chi connectivity index (χ4v) is 4.99. The molecule has 0 atom stereocenters. The maximum absolute atomic E-state index is 13.5. The van der Waals surface area contributed by atoms with E-state index in [0.29, 0.717) is 37.3 Å². The van der Waals surface area contributed by atoms with Crippen LogP contribution in [0.3, 0.4) is 0 Å². The highest BCUT2D eigenvalue weighted by molar-refractivity contribution is 5.93. The van der Waals surface area contributed by atoms with Crippen molar-refractivity contribution in [3.8, 4) is 5.75 Å². The number of carbonyl (C=O) groups excluding carboxylic acids is 2. The van der Waals surface area contributed by atoms with Crippen LogP contribution in [0.5, 0.6) is 5.75 Å². The van der Waals surface area contributed by atoms with E-state index < -0.39 is 11.5 Å². The van der Waals surface area contributed by atoms with Gasteiger partial charge in [0.05, 0.1) is 13.7 Å². The fraction of sp³-hybridized carbons (Fsp3) is 0.423. The van der Waals surface area contributed by atoms with Crippen molar-refractivity contribution in [1.82, 2.24) is 24.3 Å². The van der Waals surface area contributed by atoms with Crippen LogP contribution in [-0.2, 0) is 11.3 Å². The molecule has 182 valence electrons. The van der Waals surface area contributed by atoms with Gasteiger partial charge in [-0.2, -0.15) is 0 Å². The molecule has 1 aromatic carbocycles. The van der Waals surface area contributed by atoms with Crippen molar-refractivity contribution in [3.05, 3.63) is 64.2 Å². The van der Waals surface area contributed by atoms with E-state index in [-0.39, 0.29) is 24.1 Å². The Bertz CT molecular complexity index is 1290. The molecule has 3 heterocycles. The second-order valence-corrected chi connectivity index (χ2v) is 9.14. The first-order valence-corrected chi connectivity index (χ1v) is 12.1. The fourth-order valence-electron chi connectivity index (χ4n) is 4.99. The number of benzene rings is 1. The average Bonchev–Trinajstić information content (AvgIpc) is 3.45. The number of fused-ring (bicyclic) bond motifs is 1. The van der Waals surface area contributed by atoms with E-state index >= 15 is 0 Å². The Morgan fingerprint density at radius 1 is 1.00 bits per heavy atom. The largest absolute Gasteiger partial charge is 0.497 e. The number of hydrogen-bond acceptors (Lipinski definition) is 6. The Morgan fingerprint density at radius 3 is 2.37 bits per heavy atom. The molecule has 35 heavy (non-hydrogen) atoms. The Morgan fingerprint density at radius 2 is 1.69 bits per heavy atom. The number of methoxy groups -OCH3 is 1. The molecule has 0 radical (unpaired) electrons. The Kier molecular flexibility index (Phi) is 6.48. The molecule has 1 aliphatic carbocycles. The van der Waals surface area contributed by atoms with Crippen LogP contribution in [0.25, 0.3) is 11.2 Å². The third-order valence-corrected chi connectivity index (χ3v) is 6.99. The summed E-state index contributed by atoms with van der Waals surface area (Å²) in [4.78, 5) is 51.9. The average molecular weight is 476 g/mol. The topological polar surface area (TPSA) is 97.6 Å². The monoisotopic (exact) mass is 475 g/mol. The first kappa shape index (κ1) is 23.0. The molecular weight excluding hydrogens is 446 g/mol. The number of rotatable bonds is 5. The third-order valence-electron chi connectivity index (χ3n) is 6.99. The van der Waals surface area contributed by atoms with Crippen LogP contribution >= 0.6 is 0 Å². The summed E-state index contributed by atoms with van der Waals surface area (Å²) in [5, 5.41) is 0. The minimum atomic E-state index is -0.471. The highest BCUT2D eigenvalue weighted by Gasteiger charge is 2.32. The van der Waals surface area contributed by atoms with Crippen LogP contribution in [0, 0.1) is 5.92 Å². The molecule has 3 aromatic rings. The predicted molar refractivity (Wildman–Crippen MR) is 130 cm³/mol. The number of pyridine rings is 1. The standard InChI is InChI=1S/C26H29N5O4/c1-35-20-10-8-18(9-11-20)17-31-23-21(7-4-12-27-23)28-22(26(31)34)25(33)30-15-13-29(14-16-30)24(32)19-5-2-3-6-19/h4,7-12,19H,2-3,5-6,13-17H2,1H3. The summed E-state index contributed by atoms with van der Waals surface area (Å²) in [6, 6.07) is 10.9. The minimum Gasteiger partial charge on any atom is -0.497 e. The van der Waals surface area contributed by atoms with Crippen molar-refractivity contribution >= 4 is 23.0 Å². The molecule has 0 spiro atoms. The molecule has 2 fully saturated rings. The summed E-state index contributed by atoms with van der Waals surface area (Å²) in [5.74, 6) is 0.640. The Hall–Kier alpha value is -3.75. The van der Waals surface area contributed by atoms with Gasteiger partial charge in [0.1, 0.15) is 11.3 Å². The van der Waals surface area contributed by atoms with E-state index in [1.54, 1.807) is 30.3 Å². The van der Waals surface area contributed by atoms with Gasteiger partial charge >= 0.3 is 0 Å². The lowest BCUT2D eigenvalue weighted by atomic mass is 10.1. The van der Waals surface area contributed by atoms with Gasteiger partial charge < -0.3 is 14.5 Å². The second kappa shape index (κ2) is 9.85. The van der Waals surface area contributed by atoms with Crippen molar-refractivity contribution in [2.24, 2.45) is 5.92 Å². The Labute approximate surface area is 203 Å². The number of hydrogen-bond donors (Lipinski definition) is 0. The minimum absolute atomic E-state index is 0.116. The highest BCUT2D eigenvalue weighted by Crippen LogP contribution is 2.27. The van der Waals surface area contributed by atoms with Crippen molar-refractivity contribution < 1.29 is 14.3 Å². The van der Waals surface area contributed by atoms with Crippen molar-refractivity contribution in [1.29, 1.82) is 0 Å². The van der Waals surface area contributed by atoms with Gasteiger partial charge in [0, 0.05) is 38.3 Å². The third kappa shape index (κ3) is 4.62. The van der Waals surface area contributed by atoms with Crippen molar-refractivity contribution in [3.63, 3.8) is 0 Å². The zero-order chi connectivity index (χ0) is 24.4. The van der Waals surface area contributed by atoms with Crippen LogP contribution in [0.15, 0.2) is 47.4 Å². The first-order valence-electron chi connectivity index (χ1n) is 12.1. The van der Waals surface area contributed by atoms with E-state index in [4.69, 9.17) is 4.74 Å².